The Balaban J connectivity index is 1.20. The smallest absolute Gasteiger partial charge is 0.235 e. The zero-order valence-corrected chi connectivity index (χ0v) is 19.4. The van der Waals surface area contributed by atoms with Gasteiger partial charge in [-0.1, -0.05) is 0 Å². The highest BCUT2D eigenvalue weighted by molar-refractivity contribution is 8.00. The molecule has 9 nitrogen and oxygen atoms in total. The molecule has 0 bridgehead atoms. The van der Waals surface area contributed by atoms with Crippen molar-refractivity contribution in [1.82, 2.24) is 25.2 Å². The monoisotopic (exact) mass is 484 g/mol. The zero-order valence-electron chi connectivity index (χ0n) is 18.6. The molecule has 3 aromatic heterocycles. The lowest BCUT2D eigenvalue weighted by atomic mass is 10.1. The largest absolute Gasteiger partial charge is 0.481 e. The lowest BCUT2D eigenvalue weighted by molar-refractivity contribution is -0.113. The highest BCUT2D eigenvalue weighted by Gasteiger charge is 2.31. The number of likely N-dealkylation sites (tertiary alicyclic amines) is 1. The molecule has 3 aromatic rings. The van der Waals surface area contributed by atoms with Crippen molar-refractivity contribution in [2.24, 2.45) is 0 Å². The summed E-state index contributed by atoms with van der Waals surface area (Å²) in [6, 6.07) is 7.21. The minimum atomic E-state index is -0.551. The number of hydrogen-bond donors (Lipinski definition) is 3. The molecule has 0 aliphatic carbocycles. The van der Waals surface area contributed by atoms with Crippen LogP contribution in [0, 0.1) is 5.82 Å². The van der Waals surface area contributed by atoms with Gasteiger partial charge in [0.1, 0.15) is 11.6 Å². The summed E-state index contributed by atoms with van der Waals surface area (Å²) >= 11 is 1.47. The molecule has 0 aromatic carbocycles. The number of carbonyl (C=O) groups is 1. The molecule has 2 aliphatic rings. The molecular formula is C23H25FN6O3S. The highest BCUT2D eigenvalue weighted by Crippen LogP contribution is 2.29. The Hall–Kier alpha value is -2.86. The Morgan fingerprint density at radius 2 is 2.18 bits per heavy atom. The molecule has 0 spiro atoms. The van der Waals surface area contributed by atoms with Crippen molar-refractivity contribution in [2.45, 2.75) is 30.0 Å². The van der Waals surface area contributed by atoms with Gasteiger partial charge >= 0.3 is 0 Å². The standard InChI is InChI=1S/C23H25FN6O3S/c1-33-21-5-3-16-22(29-21)14(15(24)9-26-16)6-7-30-10-17(18(31)11-30)25-8-13-2-4-19-23(27-13)28-20(32)12-34-19/h2-5,9,17-18,25,31H,6-8,10-12H2,1H3,(H,27,28,32)/t17-,18+/m1/s1. The van der Waals surface area contributed by atoms with Crippen LogP contribution in [0.2, 0.25) is 0 Å². The fraction of sp³-hybridized carbons (Fsp3) is 0.391. The van der Waals surface area contributed by atoms with Gasteiger partial charge in [-0.2, -0.15) is 0 Å². The third-order valence-electron chi connectivity index (χ3n) is 6.07. The summed E-state index contributed by atoms with van der Waals surface area (Å²) in [4.78, 5) is 27.7. The lowest BCUT2D eigenvalue weighted by Gasteiger charge is -2.18. The minimum absolute atomic E-state index is 0.0518. The van der Waals surface area contributed by atoms with Gasteiger partial charge in [0.15, 0.2) is 0 Å². The summed E-state index contributed by atoms with van der Waals surface area (Å²) in [6.07, 6.45) is 1.11. The second-order valence-electron chi connectivity index (χ2n) is 8.36. The average molecular weight is 485 g/mol. The number of aliphatic hydroxyl groups excluding tert-OH is 1. The first-order chi connectivity index (χ1) is 16.5. The molecule has 5 rings (SSSR count). The topological polar surface area (TPSA) is 113 Å². The van der Waals surface area contributed by atoms with E-state index in [0.29, 0.717) is 66.6 Å². The van der Waals surface area contributed by atoms with Crippen molar-refractivity contribution in [1.29, 1.82) is 0 Å². The van der Waals surface area contributed by atoms with Crippen LogP contribution in [-0.2, 0) is 17.8 Å². The Morgan fingerprint density at radius 3 is 3.03 bits per heavy atom. The Kier molecular flexibility index (Phi) is 6.59. The van der Waals surface area contributed by atoms with Crippen LogP contribution in [0.4, 0.5) is 10.2 Å². The first-order valence-electron chi connectivity index (χ1n) is 11.0. The number of anilines is 1. The molecule has 2 aliphatic heterocycles. The van der Waals surface area contributed by atoms with E-state index in [9.17, 15) is 14.3 Å². The number of fused-ring (bicyclic) bond motifs is 2. The molecule has 0 radical (unpaired) electrons. The number of hydrogen-bond acceptors (Lipinski definition) is 9. The predicted molar refractivity (Wildman–Crippen MR) is 126 cm³/mol. The van der Waals surface area contributed by atoms with E-state index in [1.54, 1.807) is 12.1 Å². The van der Waals surface area contributed by atoms with Crippen molar-refractivity contribution < 1.29 is 19.0 Å². The van der Waals surface area contributed by atoms with E-state index < -0.39 is 11.9 Å². The number of aliphatic hydroxyl groups is 1. The maximum atomic E-state index is 14.6. The van der Waals surface area contributed by atoms with E-state index >= 15 is 0 Å². The Morgan fingerprint density at radius 1 is 1.29 bits per heavy atom. The van der Waals surface area contributed by atoms with Crippen LogP contribution in [-0.4, -0.2) is 75.5 Å². The second-order valence-corrected chi connectivity index (χ2v) is 9.37. The number of thioether (sulfide) groups is 1. The molecule has 178 valence electrons. The van der Waals surface area contributed by atoms with Gasteiger partial charge in [0, 0.05) is 43.9 Å². The van der Waals surface area contributed by atoms with Crippen molar-refractivity contribution in [2.75, 3.05) is 37.8 Å². The number of amides is 1. The SMILES string of the molecule is COc1ccc2ncc(F)c(CCN3C[C@H](O)[C@H](NCc4ccc5c(n4)NC(=O)CS5)C3)c2n1. The summed E-state index contributed by atoms with van der Waals surface area (Å²) in [5.74, 6) is 0.955. The average Bonchev–Trinajstić information content (AvgIpc) is 3.20. The first kappa shape index (κ1) is 22.9. The number of β-amino-alcohol motifs (C(OH)–C–C–N with tert-alkyl or cyclic N) is 1. The van der Waals surface area contributed by atoms with Crippen LogP contribution in [0.1, 0.15) is 11.3 Å². The number of halogens is 1. The number of rotatable bonds is 7. The van der Waals surface area contributed by atoms with Gasteiger partial charge in [-0.25, -0.2) is 14.4 Å². The molecule has 1 saturated heterocycles. The van der Waals surface area contributed by atoms with E-state index in [2.05, 4.69) is 30.5 Å². The van der Waals surface area contributed by atoms with Gasteiger partial charge in [-0.15, -0.1) is 11.8 Å². The predicted octanol–water partition coefficient (Wildman–Crippen LogP) is 1.59. The Bertz CT molecular complexity index is 1230. The fourth-order valence-corrected chi connectivity index (χ4v) is 5.04. The van der Waals surface area contributed by atoms with Crippen LogP contribution in [0.3, 0.4) is 0 Å². The lowest BCUT2D eigenvalue weighted by Crippen LogP contribution is -2.39. The number of carbonyl (C=O) groups excluding carboxylic acids is 1. The summed E-state index contributed by atoms with van der Waals surface area (Å²) in [5.41, 5.74) is 2.40. The molecule has 0 saturated carbocycles. The molecule has 0 unspecified atom stereocenters. The van der Waals surface area contributed by atoms with Gasteiger partial charge in [-0.3, -0.25) is 14.7 Å². The van der Waals surface area contributed by atoms with Gasteiger partial charge in [0.25, 0.3) is 0 Å². The summed E-state index contributed by atoms with van der Waals surface area (Å²) in [5, 5.41) is 16.7. The van der Waals surface area contributed by atoms with E-state index in [1.807, 2.05) is 12.1 Å². The zero-order chi connectivity index (χ0) is 23.7. The maximum Gasteiger partial charge on any atom is 0.235 e. The van der Waals surface area contributed by atoms with Crippen LogP contribution in [0.25, 0.3) is 11.0 Å². The molecule has 34 heavy (non-hydrogen) atoms. The second kappa shape index (κ2) is 9.79. The van der Waals surface area contributed by atoms with Gasteiger partial charge in [0.2, 0.25) is 11.8 Å². The summed E-state index contributed by atoms with van der Waals surface area (Å²) in [6.45, 7) is 2.16. The van der Waals surface area contributed by atoms with Crippen molar-refractivity contribution in [3.8, 4) is 5.88 Å². The van der Waals surface area contributed by atoms with E-state index in [1.165, 1.54) is 25.1 Å². The highest BCUT2D eigenvalue weighted by atomic mass is 32.2. The van der Waals surface area contributed by atoms with Crippen LogP contribution in [0.15, 0.2) is 35.4 Å². The molecule has 5 heterocycles. The van der Waals surface area contributed by atoms with Crippen LogP contribution < -0.4 is 15.4 Å². The molecule has 11 heteroatoms. The Labute approximate surface area is 200 Å². The van der Waals surface area contributed by atoms with Crippen LogP contribution >= 0.6 is 11.8 Å². The van der Waals surface area contributed by atoms with E-state index in [-0.39, 0.29) is 11.9 Å². The maximum absolute atomic E-state index is 14.6. The van der Waals surface area contributed by atoms with E-state index in [4.69, 9.17) is 4.74 Å². The third kappa shape index (κ3) is 4.83. The quantitative estimate of drug-likeness (QED) is 0.460. The fourth-order valence-electron chi connectivity index (χ4n) is 4.29. The summed E-state index contributed by atoms with van der Waals surface area (Å²) in [7, 11) is 1.52. The first-order valence-corrected chi connectivity index (χ1v) is 12.0. The number of nitrogens with zero attached hydrogens (tertiary/aromatic N) is 4. The summed E-state index contributed by atoms with van der Waals surface area (Å²) < 4.78 is 19.8. The van der Waals surface area contributed by atoms with E-state index in [0.717, 1.165) is 10.6 Å². The van der Waals surface area contributed by atoms with Gasteiger partial charge < -0.3 is 20.5 Å². The molecular weight excluding hydrogens is 459 g/mol. The number of aromatic nitrogens is 3. The van der Waals surface area contributed by atoms with Crippen molar-refractivity contribution in [3.63, 3.8) is 0 Å². The van der Waals surface area contributed by atoms with Gasteiger partial charge in [-0.05, 0) is 24.6 Å². The van der Waals surface area contributed by atoms with Crippen LogP contribution in [0.5, 0.6) is 5.88 Å². The third-order valence-corrected chi connectivity index (χ3v) is 7.12. The number of pyridine rings is 3. The molecule has 1 fully saturated rings. The minimum Gasteiger partial charge on any atom is -0.481 e. The van der Waals surface area contributed by atoms with Crippen molar-refractivity contribution in [3.05, 3.63) is 47.5 Å². The number of methoxy groups -OCH3 is 1. The molecule has 3 N–H and O–H groups in total. The van der Waals surface area contributed by atoms with Gasteiger partial charge in [0.05, 0.1) is 46.8 Å². The normalized spacial score (nSPS) is 20.4. The molecule has 1 amide bonds. The number of ether oxygens (including phenoxy) is 1. The molecule has 2 atom stereocenters. The van der Waals surface area contributed by atoms with Crippen molar-refractivity contribution >= 4 is 34.5 Å². The number of nitrogens with one attached hydrogen (secondary N) is 2.